The molecule has 34 heavy (non-hydrogen) atoms. The smallest absolute Gasteiger partial charge is 0.122 e. The molecule has 3 aliphatic rings. The first kappa shape index (κ1) is 21.9. The van der Waals surface area contributed by atoms with Gasteiger partial charge in [0.05, 0.1) is 0 Å². The van der Waals surface area contributed by atoms with E-state index in [1.54, 1.807) is 16.7 Å². The van der Waals surface area contributed by atoms with E-state index < -0.39 is 0 Å². The molecular formula is C31H37N3. The minimum Gasteiger partial charge on any atom is -0.384 e. The van der Waals surface area contributed by atoms with Gasteiger partial charge in [0.2, 0.25) is 0 Å². The van der Waals surface area contributed by atoms with E-state index in [0.717, 1.165) is 16.9 Å². The molecule has 0 bridgehead atoms. The van der Waals surface area contributed by atoms with Crippen LogP contribution in [0.5, 0.6) is 0 Å². The van der Waals surface area contributed by atoms with Crippen molar-refractivity contribution in [2.45, 2.75) is 69.2 Å². The summed E-state index contributed by atoms with van der Waals surface area (Å²) in [6.07, 6.45) is 10.9. The Balaban J connectivity index is 1.26. The van der Waals surface area contributed by atoms with E-state index in [1.165, 1.54) is 68.9 Å². The van der Waals surface area contributed by atoms with Crippen molar-refractivity contribution >= 4 is 16.6 Å². The van der Waals surface area contributed by atoms with Gasteiger partial charge in [-0.1, -0.05) is 74.2 Å². The molecule has 176 valence electrons. The number of fused-ring (bicyclic) bond motifs is 2. The van der Waals surface area contributed by atoms with Crippen molar-refractivity contribution < 1.29 is 0 Å². The van der Waals surface area contributed by atoms with Crippen molar-refractivity contribution in [2.24, 2.45) is 11.7 Å². The Morgan fingerprint density at radius 2 is 1.53 bits per heavy atom. The molecule has 0 amide bonds. The zero-order valence-electron chi connectivity index (χ0n) is 20.4. The summed E-state index contributed by atoms with van der Waals surface area (Å²) in [6, 6.07) is 21.0. The third-order valence-corrected chi connectivity index (χ3v) is 8.87. The second-order valence-electron chi connectivity index (χ2n) is 11.1. The molecule has 3 N–H and O–H groups in total. The average molecular weight is 452 g/mol. The molecule has 3 heteroatoms. The van der Waals surface area contributed by atoms with E-state index in [2.05, 4.69) is 54.4 Å². The maximum atomic E-state index is 7.70. The van der Waals surface area contributed by atoms with E-state index in [9.17, 15) is 0 Å². The van der Waals surface area contributed by atoms with Crippen LogP contribution in [0, 0.1) is 11.3 Å². The van der Waals surface area contributed by atoms with Gasteiger partial charge in [-0.15, -0.1) is 0 Å². The molecular weight excluding hydrogens is 414 g/mol. The van der Waals surface area contributed by atoms with E-state index in [4.69, 9.17) is 11.1 Å². The topological polar surface area (TPSA) is 53.1 Å². The van der Waals surface area contributed by atoms with Crippen molar-refractivity contribution in [3.05, 3.63) is 82.4 Å². The first-order chi connectivity index (χ1) is 16.6. The largest absolute Gasteiger partial charge is 0.384 e. The lowest BCUT2D eigenvalue weighted by molar-refractivity contribution is 0.151. The molecule has 3 aromatic carbocycles. The van der Waals surface area contributed by atoms with Gasteiger partial charge in [0, 0.05) is 18.2 Å². The minimum atomic E-state index is 0.133. The van der Waals surface area contributed by atoms with Gasteiger partial charge in [-0.3, -0.25) is 10.3 Å². The average Bonchev–Trinajstić information content (AvgIpc) is 3.67. The lowest BCUT2D eigenvalue weighted by atomic mass is 9.80. The molecule has 0 aromatic heterocycles. The van der Waals surface area contributed by atoms with Gasteiger partial charge in [-0.05, 0) is 89.6 Å². The van der Waals surface area contributed by atoms with Gasteiger partial charge >= 0.3 is 0 Å². The molecule has 0 saturated heterocycles. The summed E-state index contributed by atoms with van der Waals surface area (Å²) in [7, 11) is 2.36. The van der Waals surface area contributed by atoms with E-state index in [1.807, 2.05) is 12.1 Å². The van der Waals surface area contributed by atoms with Crippen LogP contribution in [0.4, 0.5) is 0 Å². The summed E-state index contributed by atoms with van der Waals surface area (Å²) in [5.74, 6) is 2.21. The lowest BCUT2D eigenvalue weighted by Crippen LogP contribution is -2.36. The van der Waals surface area contributed by atoms with Gasteiger partial charge in [-0.2, -0.15) is 0 Å². The van der Waals surface area contributed by atoms with Crippen molar-refractivity contribution in [3.63, 3.8) is 0 Å². The summed E-state index contributed by atoms with van der Waals surface area (Å²) in [4.78, 5) is 2.66. The highest BCUT2D eigenvalue weighted by atomic mass is 15.1. The predicted octanol–water partition coefficient (Wildman–Crippen LogP) is 6.89. The maximum absolute atomic E-state index is 7.70. The number of hydrogen-bond donors (Lipinski definition) is 2. The molecule has 2 unspecified atom stereocenters. The van der Waals surface area contributed by atoms with Crippen molar-refractivity contribution in [2.75, 3.05) is 13.6 Å². The minimum absolute atomic E-state index is 0.133. The molecule has 1 aliphatic heterocycles. The van der Waals surface area contributed by atoms with Crippen LogP contribution in [-0.2, 0) is 6.42 Å². The number of nitrogen functional groups attached to an aromatic ring is 1. The highest BCUT2D eigenvalue weighted by Crippen LogP contribution is 2.55. The molecule has 6 rings (SSSR count). The molecule has 1 heterocycles. The van der Waals surface area contributed by atoms with Crippen LogP contribution in [0.25, 0.3) is 10.8 Å². The van der Waals surface area contributed by atoms with Crippen LogP contribution in [0.15, 0.2) is 54.6 Å². The fourth-order valence-electron chi connectivity index (χ4n) is 6.86. The SMILES string of the molecule is CN1CCc2ccc([C@@H]3CC3c3ccc4cc(C(=N)N)ccc4c3)cc2C1C1CCCCCC1. The number of hydrogen-bond acceptors (Lipinski definition) is 2. The number of nitrogens with zero attached hydrogens (tertiary/aromatic N) is 1. The fraction of sp³-hybridized carbons (Fsp3) is 0.452. The van der Waals surface area contributed by atoms with Gasteiger partial charge in [0.25, 0.3) is 0 Å². The Morgan fingerprint density at radius 3 is 2.29 bits per heavy atom. The number of nitrogens with two attached hydrogens (primary N) is 1. The molecule has 2 aliphatic carbocycles. The third-order valence-electron chi connectivity index (χ3n) is 8.87. The van der Waals surface area contributed by atoms with Crippen LogP contribution < -0.4 is 5.73 Å². The first-order valence-corrected chi connectivity index (χ1v) is 13.3. The summed E-state index contributed by atoms with van der Waals surface area (Å²) in [5.41, 5.74) is 12.7. The van der Waals surface area contributed by atoms with Crippen LogP contribution in [0.1, 0.15) is 90.6 Å². The molecule has 3 atom stereocenters. The number of benzene rings is 3. The van der Waals surface area contributed by atoms with Crippen molar-refractivity contribution in [1.82, 2.24) is 4.90 Å². The monoisotopic (exact) mass is 451 g/mol. The third kappa shape index (κ3) is 4.05. The maximum Gasteiger partial charge on any atom is 0.122 e. The second kappa shape index (κ2) is 8.85. The zero-order chi connectivity index (χ0) is 23.2. The number of likely N-dealkylation sites (N-methyl/N-ethyl adjacent to an activating group) is 1. The Bertz CT molecular complexity index is 1220. The Morgan fingerprint density at radius 1 is 0.853 bits per heavy atom. The second-order valence-corrected chi connectivity index (χ2v) is 11.1. The molecule has 3 nitrogen and oxygen atoms in total. The molecule has 0 spiro atoms. The van der Waals surface area contributed by atoms with Crippen LogP contribution in [-0.4, -0.2) is 24.3 Å². The summed E-state index contributed by atoms with van der Waals surface area (Å²) < 4.78 is 0. The Kier molecular flexibility index (Phi) is 5.69. The number of amidine groups is 1. The molecule has 0 radical (unpaired) electrons. The molecule has 2 fully saturated rings. The van der Waals surface area contributed by atoms with Gasteiger partial charge in [0.1, 0.15) is 5.84 Å². The van der Waals surface area contributed by atoms with Crippen LogP contribution in [0.2, 0.25) is 0 Å². The Labute approximate surface area is 203 Å². The zero-order valence-corrected chi connectivity index (χ0v) is 20.4. The molecule has 2 saturated carbocycles. The Hall–Kier alpha value is -2.65. The van der Waals surface area contributed by atoms with Gasteiger partial charge < -0.3 is 5.73 Å². The first-order valence-electron chi connectivity index (χ1n) is 13.3. The van der Waals surface area contributed by atoms with Crippen LogP contribution in [0.3, 0.4) is 0 Å². The highest BCUT2D eigenvalue weighted by Gasteiger charge is 2.41. The quantitative estimate of drug-likeness (QED) is 0.258. The van der Waals surface area contributed by atoms with Gasteiger partial charge in [0.15, 0.2) is 0 Å². The van der Waals surface area contributed by atoms with Gasteiger partial charge in [-0.25, -0.2) is 0 Å². The normalized spacial score (nSPS) is 25.6. The standard InChI is InChI=1S/C31H37N3/c1-34-15-14-20-8-11-25(18-29(20)30(34)21-6-4-2-3-5-7-21)28-19-27(28)24-12-9-23-17-26(31(32)33)13-10-22(23)16-24/h8-13,16-18,21,27-28,30H,2-7,14-15,19H2,1H3,(H3,32,33)/t27?,28-,30?/m0/s1. The summed E-state index contributed by atoms with van der Waals surface area (Å²) in [6.45, 7) is 1.20. The van der Waals surface area contributed by atoms with Crippen LogP contribution >= 0.6 is 0 Å². The summed E-state index contributed by atoms with van der Waals surface area (Å²) in [5, 5.41) is 10.1. The van der Waals surface area contributed by atoms with E-state index in [0.29, 0.717) is 17.9 Å². The highest BCUT2D eigenvalue weighted by molar-refractivity contribution is 5.99. The fourth-order valence-corrected chi connectivity index (χ4v) is 6.86. The predicted molar refractivity (Wildman–Crippen MR) is 142 cm³/mol. The van der Waals surface area contributed by atoms with Crippen molar-refractivity contribution in [3.8, 4) is 0 Å². The lowest BCUT2D eigenvalue weighted by Gasteiger charge is -2.40. The summed E-state index contributed by atoms with van der Waals surface area (Å²) >= 11 is 0. The van der Waals surface area contributed by atoms with Crippen molar-refractivity contribution in [1.29, 1.82) is 5.41 Å². The number of nitrogens with one attached hydrogen (secondary N) is 1. The molecule has 3 aromatic rings. The van der Waals surface area contributed by atoms with E-state index >= 15 is 0 Å². The van der Waals surface area contributed by atoms with E-state index in [-0.39, 0.29) is 5.84 Å². The number of rotatable bonds is 4.